The Bertz CT molecular complexity index is 469. The van der Waals surface area contributed by atoms with E-state index in [4.69, 9.17) is 0 Å². The Kier molecular flexibility index (Phi) is 1.67. The van der Waals surface area contributed by atoms with Crippen LogP contribution in [0.1, 0.15) is 29.5 Å². The zero-order valence-corrected chi connectivity index (χ0v) is 10.1. The van der Waals surface area contributed by atoms with Gasteiger partial charge < -0.3 is 0 Å². The third kappa shape index (κ3) is 1.20. The van der Waals surface area contributed by atoms with Gasteiger partial charge in [-0.2, -0.15) is 9.61 Å². The zero-order chi connectivity index (χ0) is 9.00. The summed E-state index contributed by atoms with van der Waals surface area (Å²) < 4.78 is 3.12. The smallest absolute Gasteiger partial charge is 0.213 e. The second-order valence-electron chi connectivity index (χ2n) is 3.40. The summed E-state index contributed by atoms with van der Waals surface area (Å²) in [6.45, 7) is 2.03. The molecule has 0 aromatic carbocycles. The molecule has 68 valence electrons. The molecule has 3 nitrogen and oxygen atoms in total. The highest BCUT2D eigenvalue weighted by molar-refractivity contribution is 14.1. The van der Waals surface area contributed by atoms with E-state index in [9.17, 15) is 0 Å². The maximum absolute atomic E-state index is 4.56. The molecule has 13 heavy (non-hydrogen) atoms. The normalized spacial score (nSPS) is 17.1. The second kappa shape index (κ2) is 2.66. The van der Waals surface area contributed by atoms with E-state index in [0.29, 0.717) is 0 Å². The Morgan fingerprint density at radius 2 is 2.31 bits per heavy atom. The minimum Gasteiger partial charge on any atom is -0.222 e. The van der Waals surface area contributed by atoms with Crippen molar-refractivity contribution in [2.75, 3.05) is 0 Å². The van der Waals surface area contributed by atoms with E-state index in [1.54, 1.807) is 11.3 Å². The Labute approximate surface area is 93.3 Å². The van der Waals surface area contributed by atoms with Crippen molar-refractivity contribution in [3.05, 3.63) is 14.4 Å². The van der Waals surface area contributed by atoms with Gasteiger partial charge in [-0.25, -0.2) is 4.98 Å². The van der Waals surface area contributed by atoms with E-state index in [1.165, 1.54) is 17.8 Å². The van der Waals surface area contributed by atoms with Crippen LogP contribution in [0.4, 0.5) is 0 Å². The lowest BCUT2D eigenvalue weighted by atomic mass is 10.5. The lowest BCUT2D eigenvalue weighted by Crippen LogP contribution is -1.89. The van der Waals surface area contributed by atoms with Crippen molar-refractivity contribution in [1.82, 2.24) is 14.6 Å². The zero-order valence-electron chi connectivity index (χ0n) is 7.12. The van der Waals surface area contributed by atoms with Crippen LogP contribution in [-0.2, 0) is 0 Å². The van der Waals surface area contributed by atoms with E-state index >= 15 is 0 Å². The van der Waals surface area contributed by atoms with Crippen molar-refractivity contribution < 1.29 is 0 Å². The van der Waals surface area contributed by atoms with Gasteiger partial charge in [-0.05, 0) is 42.4 Å². The van der Waals surface area contributed by atoms with Gasteiger partial charge in [0, 0.05) is 5.92 Å². The molecular weight excluding hydrogens is 297 g/mol. The lowest BCUT2D eigenvalue weighted by molar-refractivity contribution is 0.884. The van der Waals surface area contributed by atoms with E-state index in [0.717, 1.165) is 20.3 Å². The van der Waals surface area contributed by atoms with Crippen molar-refractivity contribution in [3.8, 4) is 0 Å². The molecule has 1 aliphatic rings. The van der Waals surface area contributed by atoms with Crippen molar-refractivity contribution >= 4 is 38.9 Å². The van der Waals surface area contributed by atoms with Crippen molar-refractivity contribution in [1.29, 1.82) is 0 Å². The number of halogens is 1. The monoisotopic (exact) mass is 305 g/mol. The third-order valence-corrected chi connectivity index (χ3v) is 4.56. The summed E-state index contributed by atoms with van der Waals surface area (Å²) in [6.07, 6.45) is 2.62. The van der Waals surface area contributed by atoms with Gasteiger partial charge in [-0.15, -0.1) is 0 Å². The van der Waals surface area contributed by atoms with Gasteiger partial charge in [0.25, 0.3) is 0 Å². The van der Waals surface area contributed by atoms with E-state index in [-0.39, 0.29) is 0 Å². The lowest BCUT2D eigenvalue weighted by Gasteiger charge is -1.86. The first-order chi connectivity index (χ1) is 6.25. The van der Waals surface area contributed by atoms with Crippen LogP contribution in [0.15, 0.2) is 0 Å². The summed E-state index contributed by atoms with van der Waals surface area (Å²) in [5.41, 5.74) is 1.08. The number of hydrogen-bond acceptors (Lipinski definition) is 3. The predicted octanol–water partition coefficient (Wildman–Crippen LogP) is 2.58. The van der Waals surface area contributed by atoms with E-state index in [2.05, 4.69) is 32.7 Å². The van der Waals surface area contributed by atoms with E-state index < -0.39 is 0 Å². The van der Waals surface area contributed by atoms with Gasteiger partial charge in [0.1, 0.15) is 8.71 Å². The number of rotatable bonds is 1. The average Bonchev–Trinajstić information content (AvgIpc) is 2.82. The molecule has 0 N–H and O–H groups in total. The number of aromatic nitrogens is 3. The highest BCUT2D eigenvalue weighted by Gasteiger charge is 2.28. The van der Waals surface area contributed by atoms with Crippen molar-refractivity contribution in [2.24, 2.45) is 0 Å². The summed E-state index contributed by atoms with van der Waals surface area (Å²) in [4.78, 5) is 5.50. The molecule has 0 aliphatic heterocycles. The summed E-state index contributed by atoms with van der Waals surface area (Å²) in [7, 11) is 0. The number of hydrogen-bond donors (Lipinski definition) is 0. The third-order valence-electron chi connectivity index (χ3n) is 2.25. The molecule has 1 fully saturated rings. The SMILES string of the molecule is Cc1nc2sc(C3CC3)nn2c1I. The molecule has 0 spiro atoms. The molecule has 0 amide bonds. The molecule has 0 saturated heterocycles. The van der Waals surface area contributed by atoms with Gasteiger partial charge in [0.15, 0.2) is 0 Å². The molecule has 0 unspecified atom stereocenters. The quantitative estimate of drug-likeness (QED) is 0.758. The number of aryl methyl sites for hydroxylation is 1. The molecule has 1 saturated carbocycles. The topological polar surface area (TPSA) is 30.2 Å². The molecule has 5 heteroatoms. The minimum atomic E-state index is 0.739. The van der Waals surface area contributed by atoms with Gasteiger partial charge in [-0.3, -0.25) is 0 Å². The standard InChI is InChI=1S/C8H8IN3S/c1-4-6(9)12-8(10-4)13-7(11-12)5-2-3-5/h5H,2-3H2,1H3. The summed E-state index contributed by atoms with van der Waals surface area (Å²) in [5, 5.41) is 5.82. The second-order valence-corrected chi connectivity index (χ2v) is 5.41. The molecule has 3 rings (SSSR count). The van der Waals surface area contributed by atoms with Crippen molar-refractivity contribution in [3.63, 3.8) is 0 Å². The van der Waals surface area contributed by atoms with Crippen molar-refractivity contribution in [2.45, 2.75) is 25.7 Å². The summed E-state index contributed by atoms with van der Waals surface area (Å²) in [6, 6.07) is 0. The Balaban J connectivity index is 2.23. The first kappa shape index (κ1) is 8.16. The first-order valence-corrected chi connectivity index (χ1v) is 6.17. The maximum Gasteiger partial charge on any atom is 0.213 e. The minimum absolute atomic E-state index is 0.739. The van der Waals surface area contributed by atoms with Crippen LogP contribution >= 0.6 is 33.9 Å². The van der Waals surface area contributed by atoms with Crippen LogP contribution in [0.2, 0.25) is 0 Å². The fraction of sp³-hybridized carbons (Fsp3) is 0.500. The highest BCUT2D eigenvalue weighted by atomic mass is 127. The largest absolute Gasteiger partial charge is 0.222 e. The summed E-state index contributed by atoms with van der Waals surface area (Å²) >= 11 is 4.04. The van der Waals surface area contributed by atoms with Gasteiger partial charge in [0.05, 0.1) is 5.69 Å². The molecule has 2 aromatic heterocycles. The van der Waals surface area contributed by atoms with Crippen LogP contribution in [-0.4, -0.2) is 14.6 Å². The highest BCUT2D eigenvalue weighted by Crippen LogP contribution is 2.42. The van der Waals surface area contributed by atoms with Crippen LogP contribution in [0.25, 0.3) is 4.96 Å². The van der Waals surface area contributed by atoms with Crippen LogP contribution in [0.3, 0.4) is 0 Å². The fourth-order valence-electron chi connectivity index (χ4n) is 1.33. The molecular formula is C8H8IN3S. The molecule has 0 bridgehead atoms. The molecule has 1 aliphatic carbocycles. The first-order valence-electron chi connectivity index (χ1n) is 4.27. The maximum atomic E-state index is 4.56. The van der Waals surface area contributed by atoms with Gasteiger partial charge >= 0.3 is 0 Å². The van der Waals surface area contributed by atoms with Crippen LogP contribution in [0.5, 0.6) is 0 Å². The molecule has 0 radical (unpaired) electrons. The summed E-state index contributed by atoms with van der Waals surface area (Å²) in [5.74, 6) is 0.739. The number of nitrogens with zero attached hydrogens (tertiary/aromatic N) is 3. The Morgan fingerprint density at radius 1 is 1.54 bits per heavy atom. The Morgan fingerprint density at radius 3 is 2.92 bits per heavy atom. The molecule has 2 aromatic rings. The number of imidazole rings is 1. The Hall–Kier alpha value is -0.170. The van der Waals surface area contributed by atoms with Crippen LogP contribution < -0.4 is 0 Å². The van der Waals surface area contributed by atoms with Crippen LogP contribution in [0, 0.1) is 10.6 Å². The average molecular weight is 305 g/mol. The fourth-order valence-corrected chi connectivity index (χ4v) is 3.07. The van der Waals surface area contributed by atoms with E-state index in [1.807, 2.05) is 11.4 Å². The van der Waals surface area contributed by atoms with Gasteiger partial charge in [-0.1, -0.05) is 11.3 Å². The molecule has 0 atom stereocenters. The number of fused-ring (bicyclic) bond motifs is 1. The predicted molar refractivity (Wildman–Crippen MR) is 60.3 cm³/mol. The van der Waals surface area contributed by atoms with Gasteiger partial charge in [0.2, 0.25) is 4.96 Å². The molecule has 2 heterocycles.